The summed E-state index contributed by atoms with van der Waals surface area (Å²) in [7, 11) is -4.08. The van der Waals surface area contributed by atoms with Crippen LogP contribution in [0.2, 0.25) is 5.02 Å². The second-order valence-corrected chi connectivity index (χ2v) is 8.55. The van der Waals surface area contributed by atoms with Crippen molar-refractivity contribution in [3.05, 3.63) is 89.4 Å². The summed E-state index contributed by atoms with van der Waals surface area (Å²) in [5.41, 5.74) is 1.39. The number of halogens is 1. The van der Waals surface area contributed by atoms with Crippen molar-refractivity contribution >= 4 is 27.4 Å². The van der Waals surface area contributed by atoms with E-state index in [1.54, 1.807) is 36.4 Å². The largest absolute Gasteiger partial charge is 0.478 e. The fraction of sp³-hybridized carbons (Fsp3) is 0. The molecule has 0 aliphatic rings. The number of sulfone groups is 1. The third kappa shape index (κ3) is 3.47. The minimum Gasteiger partial charge on any atom is -0.478 e. The van der Waals surface area contributed by atoms with Gasteiger partial charge in [0, 0.05) is 5.56 Å². The summed E-state index contributed by atoms with van der Waals surface area (Å²) >= 11 is 6.14. The zero-order chi connectivity index (χ0) is 21.3. The van der Waals surface area contributed by atoms with E-state index in [9.17, 15) is 13.2 Å². The Morgan fingerprint density at radius 3 is 2.17 bits per heavy atom. The van der Waals surface area contributed by atoms with Crippen molar-refractivity contribution < 1.29 is 18.3 Å². The van der Waals surface area contributed by atoms with Gasteiger partial charge in [-0.15, -0.1) is 5.10 Å². The Hall–Kier alpha value is -3.49. The van der Waals surface area contributed by atoms with Crippen molar-refractivity contribution in [2.75, 3.05) is 0 Å². The van der Waals surface area contributed by atoms with E-state index in [4.69, 9.17) is 16.7 Å². The second-order valence-electron chi connectivity index (χ2n) is 6.31. The number of carbonyl (C=O) groups is 1. The topological polar surface area (TPSA) is 102 Å². The SMILES string of the molecule is O=C(O)c1ccc(-n2nnc(S(=O)(=O)c3ccccc3Cl)c2-c2ccccc2)cc1. The summed E-state index contributed by atoms with van der Waals surface area (Å²) in [5, 5.41) is 17.0. The Labute approximate surface area is 177 Å². The molecule has 0 spiro atoms. The molecule has 3 aromatic carbocycles. The molecule has 0 saturated heterocycles. The maximum absolute atomic E-state index is 13.4. The van der Waals surface area contributed by atoms with Gasteiger partial charge in [-0.3, -0.25) is 0 Å². The molecular formula is C21H14ClN3O4S. The van der Waals surface area contributed by atoms with Crippen LogP contribution in [0, 0.1) is 0 Å². The van der Waals surface area contributed by atoms with E-state index in [-0.39, 0.29) is 26.2 Å². The lowest BCUT2D eigenvalue weighted by Gasteiger charge is -2.10. The molecule has 4 rings (SSSR count). The molecule has 0 fully saturated rings. The first-order valence-electron chi connectivity index (χ1n) is 8.74. The highest BCUT2D eigenvalue weighted by Crippen LogP contribution is 2.34. The average molecular weight is 440 g/mol. The fourth-order valence-electron chi connectivity index (χ4n) is 2.98. The van der Waals surface area contributed by atoms with Crippen molar-refractivity contribution in [2.24, 2.45) is 0 Å². The van der Waals surface area contributed by atoms with Gasteiger partial charge in [0.25, 0.3) is 0 Å². The van der Waals surface area contributed by atoms with Crippen LogP contribution >= 0.6 is 11.6 Å². The van der Waals surface area contributed by atoms with Gasteiger partial charge in [-0.05, 0) is 36.4 Å². The summed E-state index contributed by atoms with van der Waals surface area (Å²) in [6, 6.07) is 20.9. The van der Waals surface area contributed by atoms with Crippen LogP contribution in [0.5, 0.6) is 0 Å². The predicted octanol–water partition coefficient (Wildman–Crippen LogP) is 4.12. The van der Waals surface area contributed by atoms with E-state index in [1.165, 1.54) is 41.1 Å². The van der Waals surface area contributed by atoms with E-state index >= 15 is 0 Å². The Morgan fingerprint density at radius 1 is 0.900 bits per heavy atom. The van der Waals surface area contributed by atoms with Gasteiger partial charge in [0.1, 0.15) is 5.69 Å². The van der Waals surface area contributed by atoms with Crippen LogP contribution in [-0.4, -0.2) is 34.5 Å². The highest BCUT2D eigenvalue weighted by atomic mass is 35.5. The monoisotopic (exact) mass is 439 g/mol. The third-order valence-electron chi connectivity index (χ3n) is 4.43. The lowest BCUT2D eigenvalue weighted by molar-refractivity contribution is 0.0697. The Kier molecular flexibility index (Phi) is 5.11. The van der Waals surface area contributed by atoms with Gasteiger partial charge in [0.15, 0.2) is 0 Å². The number of carboxylic acids is 1. The van der Waals surface area contributed by atoms with Crippen molar-refractivity contribution in [3.8, 4) is 16.9 Å². The molecule has 4 aromatic rings. The molecule has 0 unspecified atom stereocenters. The van der Waals surface area contributed by atoms with Gasteiger partial charge in [-0.1, -0.05) is 59.3 Å². The van der Waals surface area contributed by atoms with Crippen LogP contribution in [0.3, 0.4) is 0 Å². The van der Waals surface area contributed by atoms with E-state index in [1.807, 2.05) is 6.07 Å². The molecule has 0 amide bonds. The Morgan fingerprint density at radius 2 is 1.53 bits per heavy atom. The molecule has 0 atom stereocenters. The van der Waals surface area contributed by atoms with Gasteiger partial charge >= 0.3 is 5.97 Å². The van der Waals surface area contributed by atoms with Crippen LogP contribution in [0.25, 0.3) is 16.9 Å². The third-order valence-corrected chi connectivity index (χ3v) is 6.59. The zero-order valence-corrected chi connectivity index (χ0v) is 16.9. The van der Waals surface area contributed by atoms with Gasteiger partial charge < -0.3 is 5.11 Å². The van der Waals surface area contributed by atoms with Crippen LogP contribution in [0.1, 0.15) is 10.4 Å². The molecule has 1 N–H and O–H groups in total. The summed E-state index contributed by atoms with van der Waals surface area (Å²) in [4.78, 5) is 11.1. The van der Waals surface area contributed by atoms with Gasteiger partial charge in [-0.2, -0.15) is 0 Å². The Bertz CT molecular complexity index is 1330. The van der Waals surface area contributed by atoms with Crippen LogP contribution in [-0.2, 0) is 9.84 Å². The van der Waals surface area contributed by atoms with Crippen molar-refractivity contribution in [2.45, 2.75) is 9.92 Å². The first-order valence-corrected chi connectivity index (χ1v) is 10.6. The smallest absolute Gasteiger partial charge is 0.335 e. The van der Waals surface area contributed by atoms with Gasteiger partial charge in [0.2, 0.25) is 14.9 Å². The number of nitrogens with zero attached hydrogens (tertiary/aromatic N) is 3. The van der Waals surface area contributed by atoms with E-state index in [0.29, 0.717) is 11.3 Å². The zero-order valence-electron chi connectivity index (χ0n) is 15.3. The summed E-state index contributed by atoms with van der Waals surface area (Å²) in [6.45, 7) is 0. The molecule has 30 heavy (non-hydrogen) atoms. The lowest BCUT2D eigenvalue weighted by atomic mass is 10.1. The number of aromatic nitrogens is 3. The van der Waals surface area contributed by atoms with Crippen LogP contribution < -0.4 is 0 Å². The minimum atomic E-state index is -4.08. The maximum Gasteiger partial charge on any atom is 0.335 e. The molecule has 0 saturated carbocycles. The van der Waals surface area contributed by atoms with Gasteiger partial charge in [0.05, 0.1) is 21.2 Å². The summed E-state index contributed by atoms with van der Waals surface area (Å²) in [6.07, 6.45) is 0. The number of benzene rings is 3. The number of rotatable bonds is 5. The highest BCUT2D eigenvalue weighted by Gasteiger charge is 2.30. The van der Waals surface area contributed by atoms with E-state index < -0.39 is 15.8 Å². The maximum atomic E-state index is 13.4. The molecule has 9 heteroatoms. The molecule has 150 valence electrons. The lowest BCUT2D eigenvalue weighted by Crippen LogP contribution is -2.06. The van der Waals surface area contributed by atoms with Crippen molar-refractivity contribution in [1.82, 2.24) is 15.0 Å². The van der Waals surface area contributed by atoms with Crippen molar-refractivity contribution in [3.63, 3.8) is 0 Å². The second kappa shape index (κ2) is 7.74. The van der Waals surface area contributed by atoms with Crippen molar-refractivity contribution in [1.29, 1.82) is 0 Å². The van der Waals surface area contributed by atoms with Gasteiger partial charge in [-0.25, -0.2) is 17.9 Å². The van der Waals surface area contributed by atoms with E-state index in [0.717, 1.165) is 0 Å². The number of hydrogen-bond acceptors (Lipinski definition) is 5. The predicted molar refractivity (Wildman–Crippen MR) is 111 cm³/mol. The van der Waals surface area contributed by atoms with Crippen LogP contribution in [0.15, 0.2) is 88.8 Å². The minimum absolute atomic E-state index is 0.0721. The first kappa shape index (κ1) is 19.8. The number of hydrogen-bond donors (Lipinski definition) is 1. The summed E-state index contributed by atoms with van der Waals surface area (Å²) < 4.78 is 28.1. The first-order chi connectivity index (χ1) is 14.4. The molecule has 0 aliphatic heterocycles. The molecule has 0 bridgehead atoms. The standard InChI is InChI=1S/C21H14ClN3O4S/c22-17-8-4-5-9-18(17)30(28,29)20-19(14-6-2-1-3-7-14)25(24-23-20)16-12-10-15(11-13-16)21(26)27/h1-13H,(H,26,27). The quantitative estimate of drug-likeness (QED) is 0.501. The molecule has 1 heterocycles. The average Bonchev–Trinajstić information content (AvgIpc) is 3.21. The normalized spacial score (nSPS) is 11.4. The molecule has 0 aliphatic carbocycles. The summed E-state index contributed by atoms with van der Waals surface area (Å²) in [5.74, 6) is -1.06. The molecule has 7 nitrogen and oxygen atoms in total. The number of carboxylic acid groups (broad SMARTS) is 1. The molecule has 1 aromatic heterocycles. The molecular weight excluding hydrogens is 426 g/mol. The fourth-order valence-corrected chi connectivity index (χ4v) is 4.82. The van der Waals surface area contributed by atoms with E-state index in [2.05, 4.69) is 10.3 Å². The Balaban J connectivity index is 1.95. The molecule has 0 radical (unpaired) electrons. The van der Waals surface area contributed by atoms with Crippen LogP contribution in [0.4, 0.5) is 0 Å². The number of aromatic carboxylic acids is 1. The highest BCUT2D eigenvalue weighted by molar-refractivity contribution is 7.91.